The summed E-state index contributed by atoms with van der Waals surface area (Å²) in [6.07, 6.45) is 0. The first-order valence-electron chi connectivity index (χ1n) is 3.72. The van der Waals surface area contributed by atoms with E-state index >= 15 is 0 Å². The number of hydrogen-bond acceptors (Lipinski definition) is 3. The van der Waals surface area contributed by atoms with Crippen LogP contribution in [0.1, 0.15) is 20.8 Å². The summed E-state index contributed by atoms with van der Waals surface area (Å²) in [6, 6.07) is 0. The normalized spacial score (nSPS) is 11.9. The number of hydrogen-bond donors (Lipinski definition) is 0. The number of rotatable bonds is 6. The molecule has 0 saturated carbocycles. The summed E-state index contributed by atoms with van der Waals surface area (Å²) in [5.74, 6) is 3.71. The summed E-state index contributed by atoms with van der Waals surface area (Å²) in [5, 5.41) is 0. The van der Waals surface area contributed by atoms with Gasteiger partial charge in [-0.25, -0.2) is 0 Å². The van der Waals surface area contributed by atoms with E-state index in [4.69, 9.17) is 0 Å². The topological polar surface area (TPSA) is 0 Å². The van der Waals surface area contributed by atoms with Gasteiger partial charge in [0.1, 0.15) is 0 Å². The van der Waals surface area contributed by atoms with Crippen molar-refractivity contribution < 1.29 is 0 Å². The van der Waals surface area contributed by atoms with Gasteiger partial charge in [0.2, 0.25) is 0 Å². The Labute approximate surface area is 89.9 Å². The zero-order valence-corrected chi connectivity index (χ0v) is 12.3. The van der Waals surface area contributed by atoms with E-state index in [0.717, 1.165) is 0 Å². The molecule has 0 unspecified atom stereocenters. The van der Waals surface area contributed by atoms with E-state index in [9.17, 15) is 0 Å². The maximum atomic E-state index is 3.39. The average molecular weight is 293 g/mol. The van der Waals surface area contributed by atoms with Gasteiger partial charge in [0.15, 0.2) is 0 Å². The maximum absolute atomic E-state index is 3.39. The van der Waals surface area contributed by atoms with E-state index in [1.165, 1.54) is 17.3 Å². The summed E-state index contributed by atoms with van der Waals surface area (Å²) >= 11 is 9.72. The van der Waals surface area contributed by atoms with Crippen LogP contribution in [0.4, 0.5) is 0 Å². The van der Waals surface area contributed by atoms with Crippen molar-refractivity contribution in [3.63, 3.8) is 0 Å². The molecule has 0 aliphatic heterocycles. The molecule has 11 heavy (non-hydrogen) atoms. The second kappa shape index (κ2) is 7.41. The van der Waals surface area contributed by atoms with E-state index in [1.54, 1.807) is 0 Å². The van der Waals surface area contributed by atoms with Crippen LogP contribution < -0.4 is 0 Å². The molecule has 68 valence electrons. The summed E-state index contributed by atoms with van der Waals surface area (Å²) in [7, 11) is 0. The Bertz CT molecular complexity index is 116. The van der Waals surface area contributed by atoms with E-state index in [0.29, 0.717) is 0 Å². The Morgan fingerprint density at radius 1 is 0.909 bits per heavy atom. The van der Waals surface area contributed by atoms with Gasteiger partial charge in [-0.15, -0.1) is 0 Å². The van der Waals surface area contributed by atoms with Gasteiger partial charge < -0.3 is 0 Å². The van der Waals surface area contributed by atoms with Crippen LogP contribution in [0.2, 0.25) is 0 Å². The van der Waals surface area contributed by atoms with E-state index in [-0.39, 0.29) is 0 Å². The van der Waals surface area contributed by atoms with Gasteiger partial charge >= 0.3 is 90.4 Å². The molecule has 0 aromatic heterocycles. The summed E-state index contributed by atoms with van der Waals surface area (Å²) in [6.45, 7) is 6.72. The molecule has 0 aromatic carbocycles. The van der Waals surface area contributed by atoms with Crippen LogP contribution in [0.15, 0.2) is 0 Å². The third-order valence-electron chi connectivity index (χ3n) is 0.862. The van der Waals surface area contributed by atoms with Crippen molar-refractivity contribution in [2.24, 2.45) is 0 Å². The van der Waals surface area contributed by atoms with Crippen molar-refractivity contribution in [1.82, 2.24) is 0 Å². The van der Waals surface area contributed by atoms with Crippen LogP contribution in [-0.2, 0) is 0 Å². The Hall–Kier alpha value is 2.00. The average Bonchev–Trinajstić information content (AvgIpc) is 1.88. The van der Waals surface area contributed by atoms with Crippen LogP contribution >= 0.6 is 37.3 Å². The first-order valence-corrected chi connectivity index (χ1v) is 12.5. The fourth-order valence-electron chi connectivity index (χ4n) is 0.586. The fourth-order valence-corrected chi connectivity index (χ4v) is 19.0. The Balaban J connectivity index is 3.91. The molecular formula is C6H15PS3Se. The van der Waals surface area contributed by atoms with Crippen LogP contribution in [0.25, 0.3) is 0 Å². The van der Waals surface area contributed by atoms with Gasteiger partial charge in [-0.2, -0.15) is 0 Å². The molecule has 0 N–H and O–H groups in total. The van der Waals surface area contributed by atoms with Crippen LogP contribution in [0.5, 0.6) is 0 Å². The second-order valence-corrected chi connectivity index (χ2v) is 22.6. The van der Waals surface area contributed by atoms with Crippen molar-refractivity contribution in [2.75, 3.05) is 17.3 Å². The Morgan fingerprint density at radius 2 is 1.18 bits per heavy atom. The molecule has 0 radical (unpaired) electrons. The van der Waals surface area contributed by atoms with Gasteiger partial charge in [-0.1, -0.05) is 0 Å². The third-order valence-corrected chi connectivity index (χ3v) is 19.4. The SMILES string of the molecule is CCSP(=[Se])(SCC)SCC. The quantitative estimate of drug-likeness (QED) is 0.535. The molecule has 0 amide bonds. The van der Waals surface area contributed by atoms with Crippen LogP contribution in [0.3, 0.4) is 0 Å². The minimum atomic E-state index is -0.844. The van der Waals surface area contributed by atoms with Gasteiger partial charge in [0, 0.05) is 0 Å². The first-order chi connectivity index (χ1) is 5.18. The fraction of sp³-hybridized carbons (Fsp3) is 1.00. The van der Waals surface area contributed by atoms with Crippen molar-refractivity contribution in [3.8, 4) is 0 Å². The predicted octanol–water partition coefficient (Wildman–Crippen LogP) is 4.09. The standard InChI is InChI=1S/C6H15PS3Se/c1-4-8-7(11,9-5-2)10-6-3/h4-6H2,1-3H3. The van der Waals surface area contributed by atoms with Crippen molar-refractivity contribution in [2.45, 2.75) is 20.8 Å². The van der Waals surface area contributed by atoms with Crippen LogP contribution in [-0.4, -0.2) is 32.4 Å². The van der Waals surface area contributed by atoms with Crippen molar-refractivity contribution in [3.05, 3.63) is 0 Å². The van der Waals surface area contributed by atoms with E-state index in [2.05, 4.69) is 70.0 Å². The molecule has 0 spiro atoms. The second-order valence-electron chi connectivity index (χ2n) is 1.70. The summed E-state index contributed by atoms with van der Waals surface area (Å²) < 4.78 is -0.844. The molecule has 0 heterocycles. The zero-order valence-electron chi connectivity index (χ0n) is 7.20. The minimum absolute atomic E-state index is 0.844. The molecule has 0 saturated heterocycles. The molecule has 0 bridgehead atoms. The van der Waals surface area contributed by atoms with E-state index in [1.807, 2.05) is 0 Å². The first kappa shape index (κ1) is 13.0. The molecule has 0 fully saturated rings. The molecule has 0 aliphatic rings. The van der Waals surface area contributed by atoms with Crippen LogP contribution in [0, 0.1) is 0 Å². The van der Waals surface area contributed by atoms with E-state index < -0.39 is 3.11 Å². The van der Waals surface area contributed by atoms with Crippen molar-refractivity contribution >= 4 is 52.4 Å². The molecule has 5 heteroatoms. The summed E-state index contributed by atoms with van der Waals surface area (Å²) in [4.78, 5) is 0. The van der Waals surface area contributed by atoms with Crippen molar-refractivity contribution in [1.29, 1.82) is 0 Å². The summed E-state index contributed by atoms with van der Waals surface area (Å²) in [5.41, 5.74) is 0. The van der Waals surface area contributed by atoms with Gasteiger partial charge in [0.05, 0.1) is 0 Å². The molecule has 0 atom stereocenters. The molecule has 0 rings (SSSR count). The van der Waals surface area contributed by atoms with Gasteiger partial charge in [0.25, 0.3) is 0 Å². The van der Waals surface area contributed by atoms with Gasteiger partial charge in [-0.3, -0.25) is 0 Å². The zero-order chi connectivity index (χ0) is 8.74. The Morgan fingerprint density at radius 3 is 1.36 bits per heavy atom. The van der Waals surface area contributed by atoms with Gasteiger partial charge in [-0.05, 0) is 0 Å². The monoisotopic (exact) mass is 294 g/mol. The molecule has 0 nitrogen and oxygen atoms in total. The predicted molar refractivity (Wildman–Crippen MR) is 67.1 cm³/mol. The molecule has 0 aromatic rings. The Kier molecular flexibility index (Phi) is 8.75. The molecule has 0 aliphatic carbocycles. The third kappa shape index (κ3) is 6.12. The molecular weight excluding hydrogens is 278 g/mol.